The third-order valence-corrected chi connectivity index (χ3v) is 8.32. The average Bonchev–Trinajstić information content (AvgIpc) is 2.95. The fourth-order valence-electron chi connectivity index (χ4n) is 6.32. The highest BCUT2D eigenvalue weighted by molar-refractivity contribution is 5.66. The first-order chi connectivity index (χ1) is 20.5. The van der Waals surface area contributed by atoms with Crippen molar-refractivity contribution in [1.82, 2.24) is 0 Å². The van der Waals surface area contributed by atoms with E-state index in [0.29, 0.717) is 11.1 Å². The summed E-state index contributed by atoms with van der Waals surface area (Å²) in [6.45, 7) is 0.110. The largest absolute Gasteiger partial charge is 0.508 e. The minimum absolute atomic E-state index is 0.000516. The zero-order chi connectivity index (χ0) is 30.3. The van der Waals surface area contributed by atoms with E-state index < -0.39 is 53.3 Å². The maximum Gasteiger partial charge on any atom is 0.157 e. The van der Waals surface area contributed by atoms with Gasteiger partial charge in [-0.25, -0.2) is 0 Å². The summed E-state index contributed by atoms with van der Waals surface area (Å²) in [6, 6.07) is 9.91. The van der Waals surface area contributed by atoms with Crippen molar-refractivity contribution in [3.05, 3.63) is 81.9 Å². The van der Waals surface area contributed by atoms with Gasteiger partial charge in [-0.1, -0.05) is 6.07 Å². The molecule has 3 aliphatic rings. The summed E-state index contributed by atoms with van der Waals surface area (Å²) in [7, 11) is 0. The van der Waals surface area contributed by atoms with Gasteiger partial charge in [0.05, 0.1) is 12.5 Å². The van der Waals surface area contributed by atoms with Crippen LogP contribution in [0.3, 0.4) is 0 Å². The van der Waals surface area contributed by atoms with Gasteiger partial charge in [0.25, 0.3) is 0 Å². The second kappa shape index (κ2) is 9.41. The standard InChI is InChI=1S/C31H26O12/c32-13-5-21(38)25-23(6-13)42-29(11-1-2-16(33)18(35)3-11)28(40)27(25)26-22(39)9-17(34)15-8-24-30(43-31(15)26)14-7-20(37)19(36)4-12(14)10-41-24/h1-7,9,24,27-30,32-40H,8,10H2/t24-,27+,28-,29+,30+/m0/s1. The van der Waals surface area contributed by atoms with Crippen molar-refractivity contribution in [2.45, 2.75) is 43.4 Å². The van der Waals surface area contributed by atoms with E-state index in [0.717, 1.165) is 12.1 Å². The van der Waals surface area contributed by atoms with Crippen molar-refractivity contribution in [3.63, 3.8) is 0 Å². The highest BCUT2D eigenvalue weighted by atomic mass is 16.5. The number of hydrogen-bond donors (Lipinski definition) is 9. The molecule has 7 rings (SSSR count). The van der Waals surface area contributed by atoms with Crippen LogP contribution in [0.5, 0.6) is 57.5 Å². The van der Waals surface area contributed by atoms with E-state index in [9.17, 15) is 46.0 Å². The van der Waals surface area contributed by atoms with Crippen LogP contribution in [-0.4, -0.2) is 58.2 Å². The Labute approximate surface area is 243 Å². The molecule has 0 radical (unpaired) electrons. The third kappa shape index (κ3) is 4.06. The van der Waals surface area contributed by atoms with Gasteiger partial charge in [-0.3, -0.25) is 0 Å². The molecule has 12 heteroatoms. The lowest BCUT2D eigenvalue weighted by molar-refractivity contribution is -0.0630. The lowest BCUT2D eigenvalue weighted by Crippen LogP contribution is -2.39. The number of ether oxygens (including phenoxy) is 3. The summed E-state index contributed by atoms with van der Waals surface area (Å²) in [5.41, 5.74) is 1.58. The van der Waals surface area contributed by atoms with Crippen molar-refractivity contribution in [1.29, 1.82) is 0 Å². The normalized spacial score (nSPS) is 23.6. The maximum atomic E-state index is 11.8. The van der Waals surface area contributed by atoms with E-state index in [1.807, 2.05) is 0 Å². The molecule has 5 atom stereocenters. The van der Waals surface area contributed by atoms with E-state index in [-0.39, 0.29) is 69.8 Å². The summed E-state index contributed by atoms with van der Waals surface area (Å²) in [4.78, 5) is 0. The van der Waals surface area contributed by atoms with Crippen LogP contribution in [0.4, 0.5) is 0 Å². The van der Waals surface area contributed by atoms with Gasteiger partial charge in [-0.15, -0.1) is 0 Å². The predicted molar refractivity (Wildman–Crippen MR) is 146 cm³/mol. The van der Waals surface area contributed by atoms with Crippen LogP contribution in [0.25, 0.3) is 0 Å². The number of aliphatic hydroxyl groups is 1. The molecular weight excluding hydrogens is 564 g/mol. The SMILES string of the molecule is Oc1cc(O)c2c(c1)O[C@H](c1ccc(O)c(O)c1)[C@@H](O)[C@H]2c1c(O)cc(O)c2c1O[C@@H]1c3cc(O)c(O)cc3CO[C@H]1C2. The molecule has 12 nitrogen and oxygen atoms in total. The van der Waals surface area contributed by atoms with Gasteiger partial charge in [0.2, 0.25) is 0 Å². The van der Waals surface area contributed by atoms with Crippen LogP contribution in [0.2, 0.25) is 0 Å². The molecule has 0 spiro atoms. The molecule has 0 saturated heterocycles. The molecule has 4 aromatic rings. The topological polar surface area (TPSA) is 210 Å². The molecule has 0 bridgehead atoms. The molecule has 0 aliphatic carbocycles. The zero-order valence-electron chi connectivity index (χ0n) is 22.2. The number of hydrogen-bond acceptors (Lipinski definition) is 12. The number of phenols is 8. The first-order valence-electron chi connectivity index (χ1n) is 13.3. The van der Waals surface area contributed by atoms with Crippen LogP contribution in [0.1, 0.15) is 51.5 Å². The summed E-state index contributed by atoms with van der Waals surface area (Å²) in [6.07, 6.45) is -4.13. The lowest BCUT2D eigenvalue weighted by atomic mass is 9.77. The molecule has 9 N–H and O–H groups in total. The number of rotatable bonds is 2. The van der Waals surface area contributed by atoms with Gasteiger partial charge >= 0.3 is 0 Å². The first-order valence-corrected chi connectivity index (χ1v) is 13.3. The Balaban J connectivity index is 1.42. The van der Waals surface area contributed by atoms with Crippen LogP contribution in [0, 0.1) is 0 Å². The number of aromatic hydroxyl groups is 8. The van der Waals surface area contributed by atoms with Gasteiger partial charge in [-0.2, -0.15) is 0 Å². The van der Waals surface area contributed by atoms with Crippen molar-refractivity contribution < 1.29 is 60.2 Å². The second-order valence-corrected chi connectivity index (χ2v) is 10.9. The van der Waals surface area contributed by atoms with Gasteiger partial charge in [0.15, 0.2) is 35.2 Å². The summed E-state index contributed by atoms with van der Waals surface area (Å²) < 4.78 is 18.4. The molecular formula is C31H26O12. The Morgan fingerprint density at radius 3 is 2.12 bits per heavy atom. The van der Waals surface area contributed by atoms with E-state index in [4.69, 9.17) is 14.2 Å². The Kier molecular flexibility index (Phi) is 5.84. The van der Waals surface area contributed by atoms with Crippen molar-refractivity contribution in [3.8, 4) is 57.5 Å². The molecule has 0 aromatic heterocycles. The quantitative estimate of drug-likeness (QED) is 0.154. The van der Waals surface area contributed by atoms with Gasteiger partial charge in [0.1, 0.15) is 46.7 Å². The monoisotopic (exact) mass is 590 g/mol. The third-order valence-electron chi connectivity index (χ3n) is 8.32. The van der Waals surface area contributed by atoms with Gasteiger partial charge < -0.3 is 60.2 Å². The molecule has 0 unspecified atom stereocenters. The van der Waals surface area contributed by atoms with Crippen molar-refractivity contribution in [2.24, 2.45) is 0 Å². The van der Waals surface area contributed by atoms with E-state index >= 15 is 0 Å². The van der Waals surface area contributed by atoms with E-state index in [1.54, 1.807) is 0 Å². The average molecular weight is 591 g/mol. The van der Waals surface area contributed by atoms with Gasteiger partial charge in [-0.05, 0) is 35.4 Å². The highest BCUT2D eigenvalue weighted by Gasteiger charge is 2.47. The minimum atomic E-state index is -1.55. The number of aliphatic hydroxyl groups excluding tert-OH is 1. The predicted octanol–water partition coefficient (Wildman–Crippen LogP) is 3.53. The van der Waals surface area contributed by atoms with Crippen LogP contribution in [-0.2, 0) is 17.8 Å². The Bertz CT molecular complexity index is 1800. The molecule has 0 amide bonds. The molecule has 0 fully saturated rings. The molecule has 4 aromatic carbocycles. The smallest absolute Gasteiger partial charge is 0.157 e. The number of fused-ring (bicyclic) bond motifs is 5. The van der Waals surface area contributed by atoms with Crippen LogP contribution in [0.15, 0.2) is 48.5 Å². The molecule has 3 aliphatic heterocycles. The first kappa shape index (κ1) is 26.7. The van der Waals surface area contributed by atoms with E-state index in [2.05, 4.69) is 0 Å². The fourth-order valence-corrected chi connectivity index (χ4v) is 6.32. The van der Waals surface area contributed by atoms with Crippen molar-refractivity contribution >= 4 is 0 Å². The Morgan fingerprint density at radius 1 is 0.628 bits per heavy atom. The molecule has 3 heterocycles. The van der Waals surface area contributed by atoms with E-state index in [1.165, 1.54) is 36.4 Å². The Morgan fingerprint density at radius 2 is 1.35 bits per heavy atom. The zero-order valence-corrected chi connectivity index (χ0v) is 22.2. The minimum Gasteiger partial charge on any atom is -0.508 e. The van der Waals surface area contributed by atoms with Crippen molar-refractivity contribution in [2.75, 3.05) is 0 Å². The van der Waals surface area contributed by atoms with Crippen LogP contribution < -0.4 is 9.47 Å². The molecule has 0 saturated carbocycles. The lowest BCUT2D eigenvalue weighted by Gasteiger charge is -2.42. The second-order valence-electron chi connectivity index (χ2n) is 10.9. The van der Waals surface area contributed by atoms with Gasteiger partial charge in [0, 0.05) is 46.9 Å². The summed E-state index contributed by atoms with van der Waals surface area (Å²) in [5.74, 6) is -4.44. The van der Waals surface area contributed by atoms with Crippen LogP contribution >= 0.6 is 0 Å². The highest BCUT2D eigenvalue weighted by Crippen LogP contribution is 2.58. The number of phenolic OH excluding ortho intramolecular Hbond substituents is 8. The molecule has 222 valence electrons. The Hall–Kier alpha value is -5.20. The fraction of sp³-hybridized carbons (Fsp3) is 0.226. The molecule has 43 heavy (non-hydrogen) atoms. The number of benzene rings is 4. The summed E-state index contributed by atoms with van der Waals surface area (Å²) in [5, 5.41) is 95.4. The maximum absolute atomic E-state index is 11.8. The summed E-state index contributed by atoms with van der Waals surface area (Å²) >= 11 is 0.